The number of nitrogens with zero attached hydrogens (tertiary/aromatic N) is 5. The fourth-order valence-electron chi connectivity index (χ4n) is 3.64. The normalized spacial score (nSPS) is 12.3. The Morgan fingerprint density at radius 1 is 1.31 bits per heavy atom. The van der Waals surface area contributed by atoms with E-state index < -0.39 is 5.83 Å². The van der Waals surface area contributed by atoms with Gasteiger partial charge >= 0.3 is 0 Å². The number of amides is 1. The van der Waals surface area contributed by atoms with E-state index in [4.69, 9.17) is 18.0 Å². The smallest absolute Gasteiger partial charge is 0.254 e. The van der Waals surface area contributed by atoms with Gasteiger partial charge in [-0.15, -0.1) is 11.5 Å². The van der Waals surface area contributed by atoms with E-state index in [2.05, 4.69) is 31.7 Å². The maximum atomic E-state index is 14.5. The molecule has 182 valence electrons. The van der Waals surface area contributed by atoms with Crippen LogP contribution in [-0.4, -0.2) is 43.9 Å². The van der Waals surface area contributed by atoms with E-state index in [0.717, 1.165) is 11.3 Å². The molecule has 0 spiro atoms. The number of allylic oxidation sites excluding steroid dienone is 2. The lowest BCUT2D eigenvalue weighted by atomic mass is 10.1. The van der Waals surface area contributed by atoms with Crippen LogP contribution in [0.4, 0.5) is 10.2 Å². The summed E-state index contributed by atoms with van der Waals surface area (Å²) in [6.07, 6.45) is 10.1. The molecule has 1 amide bonds. The highest BCUT2D eigenvalue weighted by atomic mass is 35.5. The van der Waals surface area contributed by atoms with Crippen LogP contribution in [0, 0.1) is 19.3 Å². The van der Waals surface area contributed by atoms with Crippen molar-refractivity contribution < 1.29 is 9.18 Å². The largest absolute Gasteiger partial charge is 0.364 e. The van der Waals surface area contributed by atoms with Gasteiger partial charge in [0.25, 0.3) is 5.91 Å². The van der Waals surface area contributed by atoms with Gasteiger partial charge in [-0.2, -0.15) is 5.10 Å². The molecular weight excluding hydrogens is 481 g/mol. The van der Waals surface area contributed by atoms with E-state index in [-0.39, 0.29) is 17.5 Å². The number of anilines is 1. The van der Waals surface area contributed by atoms with Gasteiger partial charge in [0.05, 0.1) is 23.0 Å². The fraction of sp³-hybridized carbons (Fsp3) is 0.154. The van der Waals surface area contributed by atoms with E-state index in [1.807, 2.05) is 43.3 Å². The highest BCUT2D eigenvalue weighted by Crippen LogP contribution is 2.28. The maximum Gasteiger partial charge on any atom is 0.254 e. The van der Waals surface area contributed by atoms with Crippen molar-refractivity contribution in [2.75, 3.05) is 18.9 Å². The monoisotopic (exact) mass is 503 g/mol. The quantitative estimate of drug-likeness (QED) is 0.283. The number of hydrogen-bond acceptors (Lipinski definition) is 5. The number of carbonyl (C=O) groups is 1. The van der Waals surface area contributed by atoms with Crippen molar-refractivity contribution in [3.05, 3.63) is 82.6 Å². The molecule has 0 saturated carbocycles. The van der Waals surface area contributed by atoms with Crippen molar-refractivity contribution in [3.63, 3.8) is 0 Å². The Morgan fingerprint density at radius 2 is 2.11 bits per heavy atom. The van der Waals surface area contributed by atoms with Gasteiger partial charge in [-0.25, -0.2) is 18.6 Å². The number of hydrogen-bond donors (Lipinski definition) is 2. The minimum Gasteiger partial charge on any atom is -0.364 e. The van der Waals surface area contributed by atoms with Gasteiger partial charge in [-0.05, 0) is 38.1 Å². The lowest BCUT2D eigenvalue weighted by Gasteiger charge is -2.08. The van der Waals surface area contributed by atoms with Crippen molar-refractivity contribution >= 4 is 28.8 Å². The molecular formula is C26H23ClFN7O. The Bertz CT molecular complexity index is 1560. The molecule has 10 heteroatoms. The summed E-state index contributed by atoms with van der Waals surface area (Å²) in [5, 5.41) is 14.4. The molecule has 8 nitrogen and oxygen atoms in total. The average Bonchev–Trinajstić information content (AvgIpc) is 3.52. The summed E-state index contributed by atoms with van der Waals surface area (Å²) in [7, 11) is 1.57. The van der Waals surface area contributed by atoms with Gasteiger partial charge in [0.15, 0.2) is 11.6 Å². The molecule has 0 fully saturated rings. The van der Waals surface area contributed by atoms with Crippen LogP contribution in [0.15, 0.2) is 71.3 Å². The van der Waals surface area contributed by atoms with Crippen molar-refractivity contribution in [1.82, 2.24) is 29.7 Å². The number of fused-ring (bicyclic) bond motifs is 1. The predicted molar refractivity (Wildman–Crippen MR) is 139 cm³/mol. The van der Waals surface area contributed by atoms with Crippen LogP contribution < -0.4 is 10.6 Å². The van der Waals surface area contributed by atoms with Crippen LogP contribution in [0.1, 0.15) is 23.0 Å². The second-order valence-electron chi connectivity index (χ2n) is 7.79. The number of terminal acetylenes is 1. The molecule has 0 atom stereocenters. The number of carbonyl (C=O) groups excluding carboxylic acids is 1. The van der Waals surface area contributed by atoms with Crippen LogP contribution >= 0.6 is 11.6 Å². The van der Waals surface area contributed by atoms with Crippen molar-refractivity contribution in [1.29, 1.82) is 0 Å². The predicted octanol–water partition coefficient (Wildman–Crippen LogP) is 4.66. The number of rotatable bonds is 7. The number of aromatic nitrogens is 5. The lowest BCUT2D eigenvalue weighted by Crippen LogP contribution is -2.17. The number of aryl methyl sites for hydroxylation is 1. The molecule has 0 aromatic carbocycles. The third-order valence-corrected chi connectivity index (χ3v) is 5.77. The van der Waals surface area contributed by atoms with Crippen molar-refractivity contribution in [2.45, 2.75) is 13.8 Å². The first-order valence-electron chi connectivity index (χ1n) is 11.0. The highest BCUT2D eigenvalue weighted by molar-refractivity contribution is 6.32. The molecule has 0 radical (unpaired) electrons. The van der Waals surface area contributed by atoms with E-state index in [1.54, 1.807) is 35.4 Å². The first-order valence-corrected chi connectivity index (χ1v) is 11.4. The molecule has 0 aliphatic carbocycles. The number of nitrogens with one attached hydrogen (secondary N) is 2. The molecule has 2 N–H and O–H groups in total. The second-order valence-corrected chi connectivity index (χ2v) is 8.16. The summed E-state index contributed by atoms with van der Waals surface area (Å²) in [6.45, 7) is 3.70. The third-order valence-electron chi connectivity index (χ3n) is 5.50. The van der Waals surface area contributed by atoms with Gasteiger partial charge in [-0.3, -0.25) is 4.79 Å². The molecule has 4 rings (SSSR count). The maximum absolute atomic E-state index is 14.5. The molecule has 36 heavy (non-hydrogen) atoms. The number of halogens is 2. The van der Waals surface area contributed by atoms with Crippen LogP contribution in [-0.2, 0) is 0 Å². The fourth-order valence-corrected chi connectivity index (χ4v) is 3.76. The molecule has 0 saturated heterocycles. The van der Waals surface area contributed by atoms with Gasteiger partial charge in [0, 0.05) is 42.7 Å². The zero-order valence-electron chi connectivity index (χ0n) is 19.9. The summed E-state index contributed by atoms with van der Waals surface area (Å²) in [5.41, 5.74) is 3.70. The molecule has 0 aliphatic heterocycles. The van der Waals surface area contributed by atoms with Gasteiger partial charge < -0.3 is 10.6 Å². The zero-order chi connectivity index (χ0) is 25.8. The average molecular weight is 504 g/mol. The SMILES string of the molecule is C#C/C(Cl)=C(F)\C(=C/C)CNc1cc(-c2ccn3ncc(C(=O)NC)c3c2)n(-c2cccc(C)n2)n1. The summed E-state index contributed by atoms with van der Waals surface area (Å²) in [4.78, 5) is 16.9. The van der Waals surface area contributed by atoms with E-state index in [0.29, 0.717) is 34.0 Å². The summed E-state index contributed by atoms with van der Waals surface area (Å²) in [6, 6.07) is 11.2. The summed E-state index contributed by atoms with van der Waals surface area (Å²) < 4.78 is 17.8. The molecule has 0 aliphatic rings. The zero-order valence-corrected chi connectivity index (χ0v) is 20.6. The highest BCUT2D eigenvalue weighted by Gasteiger charge is 2.17. The number of pyridine rings is 2. The standard InChI is InChI=1S/C26H23ClFN7O/c1-5-17(25(28)20(27)6-2)14-30-23-13-21(35(33-23)24-9-7-8-16(3)32-24)18-10-11-34-22(12-18)19(15-31-34)26(36)29-4/h2,5,7-13,15H,14H2,1,3-4H3,(H,29,36)(H,30,33)/b17-5-,25-20-. The minimum atomic E-state index is -0.665. The molecule has 4 heterocycles. The Hall–Kier alpha value is -4.42. The summed E-state index contributed by atoms with van der Waals surface area (Å²) in [5.74, 6) is 2.29. The van der Waals surface area contributed by atoms with Crippen molar-refractivity contribution in [3.8, 4) is 29.4 Å². The van der Waals surface area contributed by atoms with Gasteiger partial charge in [0.1, 0.15) is 10.9 Å². The van der Waals surface area contributed by atoms with Crippen LogP contribution in [0.3, 0.4) is 0 Å². The lowest BCUT2D eigenvalue weighted by molar-refractivity contribution is 0.0964. The second kappa shape index (κ2) is 10.5. The van der Waals surface area contributed by atoms with E-state index >= 15 is 0 Å². The van der Waals surface area contributed by atoms with Gasteiger partial charge in [0.2, 0.25) is 0 Å². The topological polar surface area (TPSA) is 89.1 Å². The minimum absolute atomic E-state index is 0.112. The van der Waals surface area contributed by atoms with Crippen LogP contribution in [0.25, 0.3) is 22.6 Å². The van der Waals surface area contributed by atoms with E-state index in [1.165, 1.54) is 6.20 Å². The van der Waals surface area contributed by atoms with Crippen LogP contribution in [0.5, 0.6) is 0 Å². The Labute approximate surface area is 212 Å². The third kappa shape index (κ3) is 4.85. The molecule has 4 aromatic heterocycles. The molecule has 0 bridgehead atoms. The Morgan fingerprint density at radius 3 is 2.81 bits per heavy atom. The first-order chi connectivity index (χ1) is 17.4. The summed E-state index contributed by atoms with van der Waals surface area (Å²) >= 11 is 5.80. The first kappa shape index (κ1) is 24.7. The van der Waals surface area contributed by atoms with Crippen molar-refractivity contribution in [2.24, 2.45) is 0 Å². The Kier molecular flexibility index (Phi) is 7.17. The van der Waals surface area contributed by atoms with Crippen LogP contribution in [0.2, 0.25) is 0 Å². The Balaban J connectivity index is 1.78. The van der Waals surface area contributed by atoms with Gasteiger partial charge in [-0.1, -0.05) is 29.7 Å². The van der Waals surface area contributed by atoms with E-state index in [9.17, 15) is 9.18 Å². The molecule has 0 unspecified atom stereocenters. The molecule has 4 aromatic rings.